The van der Waals surface area contributed by atoms with Gasteiger partial charge < -0.3 is 9.32 Å². The SMILES string of the molecule is CC(C)CN(C)C(=O)c1cc(-c2ccco2)nc2ccccc12. The Kier molecular flexibility index (Phi) is 4.15. The van der Waals surface area contributed by atoms with Crippen LogP contribution >= 0.6 is 0 Å². The Hall–Kier alpha value is -2.62. The van der Waals surface area contributed by atoms with Gasteiger partial charge in [-0.3, -0.25) is 4.79 Å². The third-order valence-electron chi connectivity index (χ3n) is 3.71. The van der Waals surface area contributed by atoms with Gasteiger partial charge in [0, 0.05) is 19.0 Å². The average Bonchev–Trinajstić information content (AvgIpc) is 3.07. The molecule has 0 atom stereocenters. The Morgan fingerprint density at radius 1 is 1.22 bits per heavy atom. The number of para-hydroxylation sites is 1. The maximum atomic E-state index is 12.9. The molecular weight excluding hydrogens is 288 g/mol. The van der Waals surface area contributed by atoms with Gasteiger partial charge in [-0.2, -0.15) is 0 Å². The lowest BCUT2D eigenvalue weighted by Gasteiger charge is -2.20. The zero-order valence-electron chi connectivity index (χ0n) is 13.6. The molecule has 0 saturated carbocycles. The summed E-state index contributed by atoms with van der Waals surface area (Å²) in [6.45, 7) is 4.91. The van der Waals surface area contributed by atoms with Crippen LogP contribution in [0.2, 0.25) is 0 Å². The first-order valence-electron chi connectivity index (χ1n) is 7.75. The van der Waals surface area contributed by atoms with Crippen molar-refractivity contribution >= 4 is 16.8 Å². The molecule has 1 amide bonds. The number of aromatic nitrogens is 1. The molecule has 3 rings (SSSR count). The van der Waals surface area contributed by atoms with Crippen molar-refractivity contribution in [3.63, 3.8) is 0 Å². The van der Waals surface area contributed by atoms with Gasteiger partial charge in [0.05, 0.1) is 17.3 Å². The molecule has 0 aliphatic rings. The van der Waals surface area contributed by atoms with E-state index in [1.54, 1.807) is 11.2 Å². The summed E-state index contributed by atoms with van der Waals surface area (Å²) in [6, 6.07) is 13.2. The van der Waals surface area contributed by atoms with Crippen molar-refractivity contribution in [3.05, 3.63) is 54.3 Å². The van der Waals surface area contributed by atoms with Crippen LogP contribution in [0.4, 0.5) is 0 Å². The topological polar surface area (TPSA) is 46.3 Å². The van der Waals surface area contributed by atoms with Crippen LogP contribution in [0, 0.1) is 5.92 Å². The summed E-state index contributed by atoms with van der Waals surface area (Å²) in [5.41, 5.74) is 2.13. The first-order chi connectivity index (χ1) is 11.1. The van der Waals surface area contributed by atoms with Gasteiger partial charge >= 0.3 is 0 Å². The number of carbonyl (C=O) groups is 1. The van der Waals surface area contributed by atoms with Gasteiger partial charge in [0.1, 0.15) is 5.69 Å². The van der Waals surface area contributed by atoms with Crippen molar-refractivity contribution in [1.82, 2.24) is 9.88 Å². The Morgan fingerprint density at radius 2 is 2.00 bits per heavy atom. The van der Waals surface area contributed by atoms with Crippen molar-refractivity contribution in [1.29, 1.82) is 0 Å². The van der Waals surface area contributed by atoms with Crippen LogP contribution < -0.4 is 0 Å². The summed E-state index contributed by atoms with van der Waals surface area (Å²) in [4.78, 5) is 19.3. The number of hydrogen-bond donors (Lipinski definition) is 0. The van der Waals surface area contributed by atoms with E-state index in [4.69, 9.17) is 4.42 Å². The maximum Gasteiger partial charge on any atom is 0.254 e. The molecule has 2 heterocycles. The van der Waals surface area contributed by atoms with Crippen LogP contribution in [0.3, 0.4) is 0 Å². The number of carbonyl (C=O) groups excluding carboxylic acids is 1. The highest BCUT2D eigenvalue weighted by Crippen LogP contribution is 2.26. The fourth-order valence-electron chi connectivity index (χ4n) is 2.74. The number of furan rings is 1. The molecule has 23 heavy (non-hydrogen) atoms. The van der Waals surface area contributed by atoms with E-state index in [1.807, 2.05) is 49.5 Å². The van der Waals surface area contributed by atoms with E-state index in [0.717, 1.165) is 10.9 Å². The number of benzene rings is 1. The smallest absolute Gasteiger partial charge is 0.254 e. The molecule has 0 radical (unpaired) electrons. The Morgan fingerprint density at radius 3 is 2.70 bits per heavy atom. The largest absolute Gasteiger partial charge is 0.463 e. The molecule has 4 nitrogen and oxygen atoms in total. The van der Waals surface area contributed by atoms with Gasteiger partial charge in [0.25, 0.3) is 5.91 Å². The molecule has 0 aliphatic heterocycles. The highest BCUT2D eigenvalue weighted by molar-refractivity contribution is 6.07. The predicted octanol–water partition coefficient (Wildman–Crippen LogP) is 4.22. The lowest BCUT2D eigenvalue weighted by molar-refractivity contribution is 0.0781. The first kappa shape index (κ1) is 15.3. The lowest BCUT2D eigenvalue weighted by Crippen LogP contribution is -2.30. The monoisotopic (exact) mass is 308 g/mol. The van der Waals surface area contributed by atoms with Crippen molar-refractivity contribution in [2.24, 2.45) is 5.92 Å². The summed E-state index contributed by atoms with van der Waals surface area (Å²) in [5.74, 6) is 1.09. The molecule has 0 spiro atoms. The molecule has 4 heteroatoms. The van der Waals surface area contributed by atoms with E-state index in [2.05, 4.69) is 18.8 Å². The third-order valence-corrected chi connectivity index (χ3v) is 3.71. The molecule has 118 valence electrons. The molecule has 2 aromatic heterocycles. The number of nitrogens with zero attached hydrogens (tertiary/aromatic N) is 2. The average molecular weight is 308 g/mol. The quantitative estimate of drug-likeness (QED) is 0.725. The van der Waals surface area contributed by atoms with Crippen LogP contribution in [0.1, 0.15) is 24.2 Å². The van der Waals surface area contributed by atoms with Crippen molar-refractivity contribution in [3.8, 4) is 11.5 Å². The number of amides is 1. The van der Waals surface area contributed by atoms with Gasteiger partial charge in [-0.1, -0.05) is 32.0 Å². The van der Waals surface area contributed by atoms with E-state index in [9.17, 15) is 4.79 Å². The van der Waals surface area contributed by atoms with E-state index < -0.39 is 0 Å². The highest BCUT2D eigenvalue weighted by atomic mass is 16.3. The fraction of sp³-hybridized carbons (Fsp3) is 0.263. The van der Waals surface area contributed by atoms with Gasteiger partial charge in [0.2, 0.25) is 0 Å². The van der Waals surface area contributed by atoms with Crippen molar-refractivity contribution in [2.45, 2.75) is 13.8 Å². The van der Waals surface area contributed by atoms with E-state index >= 15 is 0 Å². The third kappa shape index (κ3) is 3.11. The fourth-order valence-corrected chi connectivity index (χ4v) is 2.74. The standard InChI is InChI=1S/C19H20N2O2/c1-13(2)12-21(3)19(22)15-11-17(18-9-6-10-23-18)20-16-8-5-4-7-14(15)16/h4-11,13H,12H2,1-3H3. The molecule has 1 aromatic carbocycles. The second-order valence-electron chi connectivity index (χ2n) is 6.13. The second kappa shape index (κ2) is 6.24. The number of rotatable bonds is 4. The van der Waals surface area contributed by atoms with Crippen molar-refractivity contribution < 1.29 is 9.21 Å². The molecule has 0 saturated heterocycles. The van der Waals surface area contributed by atoms with E-state index in [-0.39, 0.29) is 5.91 Å². The van der Waals surface area contributed by atoms with Crippen LogP contribution in [-0.2, 0) is 0 Å². The summed E-state index contributed by atoms with van der Waals surface area (Å²) in [6.07, 6.45) is 1.61. The number of fused-ring (bicyclic) bond motifs is 1. The number of pyridine rings is 1. The molecule has 0 fully saturated rings. The van der Waals surface area contributed by atoms with Gasteiger partial charge in [-0.05, 0) is 30.2 Å². The molecule has 3 aromatic rings. The Balaban J connectivity index is 2.12. The maximum absolute atomic E-state index is 12.9. The Labute approximate surface area is 135 Å². The molecule has 0 N–H and O–H groups in total. The first-order valence-corrected chi connectivity index (χ1v) is 7.75. The van der Waals surface area contributed by atoms with Crippen molar-refractivity contribution in [2.75, 3.05) is 13.6 Å². The van der Waals surface area contributed by atoms with E-state index in [1.165, 1.54) is 0 Å². The van der Waals surface area contributed by atoms with Crippen LogP contribution in [-0.4, -0.2) is 29.4 Å². The molecule has 0 bridgehead atoms. The normalized spacial score (nSPS) is 11.1. The molecule has 0 aliphatic carbocycles. The molecule has 0 unspecified atom stereocenters. The minimum atomic E-state index is 0.00473. The summed E-state index contributed by atoms with van der Waals surface area (Å²) in [7, 11) is 1.84. The minimum Gasteiger partial charge on any atom is -0.463 e. The second-order valence-corrected chi connectivity index (χ2v) is 6.13. The highest BCUT2D eigenvalue weighted by Gasteiger charge is 2.18. The zero-order chi connectivity index (χ0) is 16.4. The summed E-state index contributed by atoms with van der Waals surface area (Å²) < 4.78 is 5.44. The van der Waals surface area contributed by atoms with Gasteiger partial charge in [-0.25, -0.2) is 4.98 Å². The van der Waals surface area contributed by atoms with Gasteiger partial charge in [0.15, 0.2) is 5.76 Å². The van der Waals surface area contributed by atoms with Crippen LogP contribution in [0.25, 0.3) is 22.4 Å². The number of hydrogen-bond acceptors (Lipinski definition) is 3. The lowest BCUT2D eigenvalue weighted by atomic mass is 10.0. The van der Waals surface area contributed by atoms with E-state index in [0.29, 0.717) is 29.5 Å². The van der Waals surface area contributed by atoms with Gasteiger partial charge in [-0.15, -0.1) is 0 Å². The summed E-state index contributed by atoms with van der Waals surface area (Å²) in [5, 5.41) is 0.864. The Bertz CT molecular complexity index is 823. The van der Waals surface area contributed by atoms with Crippen LogP contribution in [0.5, 0.6) is 0 Å². The summed E-state index contributed by atoms with van der Waals surface area (Å²) >= 11 is 0. The van der Waals surface area contributed by atoms with Crippen LogP contribution in [0.15, 0.2) is 53.1 Å². The molecular formula is C19H20N2O2. The minimum absolute atomic E-state index is 0.00473. The predicted molar refractivity (Wildman–Crippen MR) is 91.2 cm³/mol. The zero-order valence-corrected chi connectivity index (χ0v) is 13.6.